The van der Waals surface area contributed by atoms with Gasteiger partial charge >= 0.3 is 0 Å². The molecule has 0 unspecified atom stereocenters. The number of carbonyl (C=O) groups excluding carboxylic acids is 1. The summed E-state index contributed by atoms with van der Waals surface area (Å²) < 4.78 is 2.80. The topological polar surface area (TPSA) is 65.8 Å². The lowest BCUT2D eigenvalue weighted by Crippen LogP contribution is -2.55. The number of benzene rings is 1. The summed E-state index contributed by atoms with van der Waals surface area (Å²) in [7, 11) is 0. The number of rotatable bonds is 3. The number of nitrogens with zero attached hydrogens (tertiary/aromatic N) is 3. The zero-order valence-corrected chi connectivity index (χ0v) is 15.4. The molecule has 0 atom stereocenters. The van der Waals surface area contributed by atoms with Gasteiger partial charge in [-0.25, -0.2) is 0 Å². The summed E-state index contributed by atoms with van der Waals surface area (Å²) in [5.41, 5.74) is 0.617. The van der Waals surface area contributed by atoms with Crippen LogP contribution in [-0.2, 0) is 6.54 Å². The number of aromatic nitrogens is 1. The minimum Gasteiger partial charge on any atom is -0.502 e. The predicted molar refractivity (Wildman–Crippen MR) is 102 cm³/mol. The minimum atomic E-state index is -0.546. The number of pyridine rings is 1. The van der Waals surface area contributed by atoms with Crippen molar-refractivity contribution in [3.8, 4) is 5.75 Å². The summed E-state index contributed by atoms with van der Waals surface area (Å²) in [5.74, 6) is -0.831. The van der Waals surface area contributed by atoms with Gasteiger partial charge in [0.15, 0.2) is 11.4 Å². The van der Waals surface area contributed by atoms with E-state index in [1.807, 2.05) is 24.9 Å². The van der Waals surface area contributed by atoms with E-state index in [4.69, 9.17) is 0 Å². The fraction of sp³-hybridized carbons (Fsp3) is 0.263. The molecule has 134 valence electrons. The lowest BCUT2D eigenvalue weighted by Gasteiger charge is -2.41. The molecule has 1 aromatic carbocycles. The van der Waals surface area contributed by atoms with Crippen LogP contribution in [0.5, 0.6) is 5.75 Å². The van der Waals surface area contributed by atoms with E-state index >= 15 is 0 Å². The van der Waals surface area contributed by atoms with Crippen molar-refractivity contribution in [2.45, 2.75) is 26.4 Å². The summed E-state index contributed by atoms with van der Waals surface area (Å²) in [6.45, 7) is 4.78. The lowest BCUT2D eigenvalue weighted by atomic mass is 10.1. The van der Waals surface area contributed by atoms with Gasteiger partial charge in [0, 0.05) is 23.0 Å². The second-order valence-electron chi connectivity index (χ2n) is 6.65. The van der Waals surface area contributed by atoms with E-state index in [0.717, 1.165) is 5.56 Å². The van der Waals surface area contributed by atoms with E-state index in [0.29, 0.717) is 13.2 Å². The molecular formula is C19H19N3O3S. The molecule has 1 N–H and O–H groups in total. The molecule has 0 radical (unpaired) electrons. The first kappa shape index (κ1) is 16.7. The quantitative estimate of drug-likeness (QED) is 0.771. The van der Waals surface area contributed by atoms with E-state index in [2.05, 4.69) is 23.6 Å². The van der Waals surface area contributed by atoms with Gasteiger partial charge in [-0.2, -0.15) is 0 Å². The fourth-order valence-corrected chi connectivity index (χ4v) is 4.20. The van der Waals surface area contributed by atoms with Crippen molar-refractivity contribution in [2.24, 2.45) is 0 Å². The number of aromatic hydroxyl groups is 1. The van der Waals surface area contributed by atoms with Crippen LogP contribution in [0.1, 0.15) is 29.9 Å². The van der Waals surface area contributed by atoms with Crippen molar-refractivity contribution in [3.05, 3.63) is 63.4 Å². The molecule has 0 fully saturated rings. The van der Waals surface area contributed by atoms with Crippen molar-refractivity contribution in [2.75, 3.05) is 11.7 Å². The van der Waals surface area contributed by atoms with Gasteiger partial charge in [0.25, 0.3) is 5.91 Å². The zero-order chi connectivity index (χ0) is 18.4. The van der Waals surface area contributed by atoms with Crippen LogP contribution in [0.2, 0.25) is 0 Å². The van der Waals surface area contributed by atoms with Gasteiger partial charge < -0.3 is 10.0 Å². The molecule has 0 bridgehead atoms. The molecule has 0 saturated heterocycles. The van der Waals surface area contributed by atoms with E-state index in [-0.39, 0.29) is 17.6 Å². The Bertz CT molecular complexity index is 1050. The van der Waals surface area contributed by atoms with Crippen LogP contribution in [0.15, 0.2) is 46.7 Å². The largest absolute Gasteiger partial charge is 0.502 e. The number of amides is 1. The first-order chi connectivity index (χ1) is 12.5. The number of carbonyl (C=O) groups is 1. The summed E-state index contributed by atoms with van der Waals surface area (Å²) in [6.07, 6.45) is 1.56. The molecular weight excluding hydrogens is 350 g/mol. The zero-order valence-electron chi connectivity index (χ0n) is 14.5. The molecule has 26 heavy (non-hydrogen) atoms. The minimum absolute atomic E-state index is 0.0239. The summed E-state index contributed by atoms with van der Waals surface area (Å²) in [6, 6.07) is 9.48. The van der Waals surface area contributed by atoms with Crippen molar-refractivity contribution >= 4 is 27.3 Å². The number of thiophene rings is 1. The van der Waals surface area contributed by atoms with Gasteiger partial charge in [-0.1, -0.05) is 18.2 Å². The van der Waals surface area contributed by atoms with Crippen LogP contribution in [0.25, 0.3) is 10.1 Å². The van der Waals surface area contributed by atoms with Gasteiger partial charge in [-0.3, -0.25) is 19.3 Å². The van der Waals surface area contributed by atoms with Crippen LogP contribution < -0.4 is 10.4 Å². The second kappa shape index (κ2) is 6.17. The van der Waals surface area contributed by atoms with Crippen LogP contribution in [0.4, 0.5) is 0 Å². The fourth-order valence-electron chi connectivity index (χ4n) is 3.30. The molecule has 4 rings (SSSR count). The highest BCUT2D eigenvalue weighted by molar-refractivity contribution is 7.17. The predicted octanol–water partition coefficient (Wildman–Crippen LogP) is 2.73. The lowest BCUT2D eigenvalue weighted by molar-refractivity contribution is 0.0628. The Morgan fingerprint density at radius 2 is 2.00 bits per heavy atom. The molecule has 0 saturated carbocycles. The molecule has 0 aliphatic carbocycles. The molecule has 3 aromatic rings. The first-order valence-corrected chi connectivity index (χ1v) is 9.31. The molecule has 0 spiro atoms. The second-order valence-corrected chi connectivity index (χ2v) is 7.57. The molecule has 1 aliphatic rings. The maximum absolute atomic E-state index is 12.8. The number of hydrogen-bond acceptors (Lipinski definition) is 5. The maximum Gasteiger partial charge on any atom is 0.278 e. The summed E-state index contributed by atoms with van der Waals surface area (Å²) in [5, 5.41) is 15.4. The highest BCUT2D eigenvalue weighted by Gasteiger charge is 2.33. The highest BCUT2D eigenvalue weighted by Crippen LogP contribution is 2.27. The standard InChI is InChI=1S/C19H19N3O3S/c1-12(2)21-11-20(10-14-5-3-4-13-7-9-26-18(13)14)22-8-6-15(23)17(24)16(22)19(21)25/h3-9,12,24H,10-11H2,1-2H3. The van der Waals surface area contributed by atoms with Gasteiger partial charge in [-0.05, 0) is 36.2 Å². The Hall–Kier alpha value is -2.80. The van der Waals surface area contributed by atoms with Gasteiger partial charge in [0.2, 0.25) is 5.43 Å². The highest BCUT2D eigenvalue weighted by atomic mass is 32.1. The molecule has 7 heteroatoms. The van der Waals surface area contributed by atoms with Gasteiger partial charge in [0.1, 0.15) is 6.67 Å². The number of fused-ring (bicyclic) bond motifs is 2. The van der Waals surface area contributed by atoms with E-state index in [9.17, 15) is 14.7 Å². The van der Waals surface area contributed by atoms with E-state index in [1.165, 1.54) is 16.2 Å². The molecule has 1 amide bonds. The number of hydrogen-bond donors (Lipinski definition) is 1. The molecule has 6 nitrogen and oxygen atoms in total. The summed E-state index contributed by atoms with van der Waals surface area (Å²) >= 11 is 1.68. The third-order valence-corrected chi connectivity index (χ3v) is 5.68. The van der Waals surface area contributed by atoms with Gasteiger partial charge in [0.05, 0.1) is 6.54 Å². The van der Waals surface area contributed by atoms with Crippen LogP contribution >= 0.6 is 11.3 Å². The van der Waals surface area contributed by atoms with Gasteiger partial charge in [-0.15, -0.1) is 11.3 Å². The van der Waals surface area contributed by atoms with Crippen LogP contribution in [0, 0.1) is 0 Å². The van der Waals surface area contributed by atoms with Crippen molar-refractivity contribution in [1.29, 1.82) is 0 Å². The molecule has 3 heterocycles. The summed E-state index contributed by atoms with van der Waals surface area (Å²) in [4.78, 5) is 26.3. The molecule has 1 aliphatic heterocycles. The van der Waals surface area contributed by atoms with Crippen LogP contribution in [-0.4, -0.2) is 33.3 Å². The van der Waals surface area contributed by atoms with E-state index < -0.39 is 11.2 Å². The molecule has 2 aromatic heterocycles. The normalized spacial score (nSPS) is 14.3. The average Bonchev–Trinajstić information content (AvgIpc) is 3.09. The Morgan fingerprint density at radius 1 is 1.19 bits per heavy atom. The monoisotopic (exact) mass is 369 g/mol. The third-order valence-electron chi connectivity index (χ3n) is 4.67. The third kappa shape index (κ3) is 2.55. The maximum atomic E-state index is 12.8. The van der Waals surface area contributed by atoms with Crippen molar-refractivity contribution in [3.63, 3.8) is 0 Å². The first-order valence-electron chi connectivity index (χ1n) is 8.43. The van der Waals surface area contributed by atoms with Crippen molar-refractivity contribution < 1.29 is 9.90 Å². The van der Waals surface area contributed by atoms with E-state index in [1.54, 1.807) is 27.1 Å². The Balaban J connectivity index is 1.82. The Morgan fingerprint density at radius 3 is 2.77 bits per heavy atom. The Kier molecular flexibility index (Phi) is 3.96. The average molecular weight is 369 g/mol. The van der Waals surface area contributed by atoms with Crippen molar-refractivity contribution in [1.82, 2.24) is 9.58 Å². The van der Waals surface area contributed by atoms with Crippen LogP contribution in [0.3, 0.4) is 0 Å². The Labute approximate surface area is 154 Å². The SMILES string of the molecule is CC(C)N1CN(Cc2cccc3ccsc23)n2ccc(=O)c(O)c2C1=O. The smallest absolute Gasteiger partial charge is 0.278 e.